The second-order valence-corrected chi connectivity index (χ2v) is 3.18. The van der Waals surface area contributed by atoms with E-state index >= 15 is 0 Å². The predicted molar refractivity (Wildman–Crippen MR) is 56.6 cm³/mol. The normalized spacial score (nSPS) is 10.0. The minimum atomic E-state index is 0.367. The molecule has 0 fully saturated rings. The van der Waals surface area contributed by atoms with Gasteiger partial charge in [0.1, 0.15) is 0 Å². The SMILES string of the molecule is COc1ncc(-c2ccc(C)cn2)cn1. The summed E-state index contributed by atoms with van der Waals surface area (Å²) in [7, 11) is 1.54. The number of hydrogen-bond donors (Lipinski definition) is 0. The van der Waals surface area contributed by atoms with Crippen LogP contribution in [0.1, 0.15) is 5.56 Å². The molecule has 2 rings (SSSR count). The summed E-state index contributed by atoms with van der Waals surface area (Å²) in [6, 6.07) is 4.32. The molecule has 0 aliphatic carbocycles. The van der Waals surface area contributed by atoms with E-state index in [-0.39, 0.29) is 0 Å². The number of ether oxygens (including phenoxy) is 1. The monoisotopic (exact) mass is 201 g/mol. The van der Waals surface area contributed by atoms with Gasteiger partial charge in [-0.05, 0) is 18.6 Å². The molecule has 0 unspecified atom stereocenters. The van der Waals surface area contributed by atoms with Crippen LogP contribution in [0.5, 0.6) is 6.01 Å². The lowest BCUT2D eigenvalue weighted by atomic mass is 10.2. The zero-order valence-corrected chi connectivity index (χ0v) is 8.64. The lowest BCUT2D eigenvalue weighted by molar-refractivity contribution is 0.380. The molecule has 2 aromatic rings. The molecule has 2 heterocycles. The summed E-state index contributed by atoms with van der Waals surface area (Å²) in [6.45, 7) is 2.00. The van der Waals surface area contributed by atoms with Crippen LogP contribution in [0, 0.1) is 6.92 Å². The Hall–Kier alpha value is -1.97. The van der Waals surface area contributed by atoms with Gasteiger partial charge >= 0.3 is 6.01 Å². The minimum absolute atomic E-state index is 0.367. The minimum Gasteiger partial charge on any atom is -0.467 e. The molecule has 0 saturated carbocycles. The molecule has 4 nitrogen and oxygen atoms in total. The average Bonchev–Trinajstić information content (AvgIpc) is 2.30. The first-order valence-electron chi connectivity index (χ1n) is 4.58. The summed E-state index contributed by atoms with van der Waals surface area (Å²) in [5, 5.41) is 0. The molecule has 15 heavy (non-hydrogen) atoms. The van der Waals surface area contributed by atoms with Crippen molar-refractivity contribution >= 4 is 0 Å². The van der Waals surface area contributed by atoms with Crippen LogP contribution < -0.4 is 4.74 Å². The molecule has 0 N–H and O–H groups in total. The van der Waals surface area contributed by atoms with Crippen molar-refractivity contribution in [3.8, 4) is 17.3 Å². The van der Waals surface area contributed by atoms with Gasteiger partial charge < -0.3 is 4.74 Å². The van der Waals surface area contributed by atoms with Gasteiger partial charge in [-0.2, -0.15) is 0 Å². The first-order valence-corrected chi connectivity index (χ1v) is 4.58. The lowest BCUT2D eigenvalue weighted by Crippen LogP contribution is -1.92. The zero-order chi connectivity index (χ0) is 10.7. The topological polar surface area (TPSA) is 47.9 Å². The van der Waals surface area contributed by atoms with Gasteiger partial charge in [0, 0.05) is 24.2 Å². The van der Waals surface area contributed by atoms with E-state index in [1.807, 2.05) is 25.3 Å². The molecule has 76 valence electrons. The van der Waals surface area contributed by atoms with Gasteiger partial charge in [-0.25, -0.2) is 9.97 Å². The first kappa shape index (κ1) is 9.58. The molecular weight excluding hydrogens is 190 g/mol. The molecule has 0 aromatic carbocycles. The molecule has 0 saturated heterocycles. The summed E-state index contributed by atoms with van der Waals surface area (Å²) < 4.78 is 4.88. The second kappa shape index (κ2) is 4.04. The van der Waals surface area contributed by atoms with Crippen LogP contribution in [0.2, 0.25) is 0 Å². The van der Waals surface area contributed by atoms with E-state index in [1.54, 1.807) is 19.5 Å². The second-order valence-electron chi connectivity index (χ2n) is 3.18. The van der Waals surface area contributed by atoms with Gasteiger partial charge in [0.15, 0.2) is 0 Å². The highest BCUT2D eigenvalue weighted by Crippen LogP contribution is 2.15. The molecule has 0 aliphatic rings. The number of aryl methyl sites for hydroxylation is 1. The predicted octanol–water partition coefficient (Wildman–Crippen LogP) is 1.86. The van der Waals surface area contributed by atoms with Gasteiger partial charge in [-0.3, -0.25) is 4.98 Å². The van der Waals surface area contributed by atoms with Gasteiger partial charge in [-0.15, -0.1) is 0 Å². The standard InChI is InChI=1S/C11H11N3O/c1-8-3-4-10(12-5-8)9-6-13-11(15-2)14-7-9/h3-7H,1-2H3. The van der Waals surface area contributed by atoms with E-state index in [0.717, 1.165) is 16.8 Å². The van der Waals surface area contributed by atoms with E-state index in [4.69, 9.17) is 4.74 Å². The highest BCUT2D eigenvalue weighted by molar-refractivity contribution is 5.56. The van der Waals surface area contributed by atoms with Crippen molar-refractivity contribution in [2.75, 3.05) is 7.11 Å². The Bertz CT molecular complexity index is 436. The van der Waals surface area contributed by atoms with Crippen molar-refractivity contribution in [2.45, 2.75) is 6.92 Å². The molecular formula is C11H11N3O. The highest BCUT2D eigenvalue weighted by atomic mass is 16.5. The third-order valence-corrected chi connectivity index (χ3v) is 2.02. The lowest BCUT2D eigenvalue weighted by Gasteiger charge is -2.01. The molecule has 0 atom stereocenters. The molecule has 0 bridgehead atoms. The Morgan fingerprint density at radius 2 is 1.73 bits per heavy atom. The van der Waals surface area contributed by atoms with E-state index in [9.17, 15) is 0 Å². The number of hydrogen-bond acceptors (Lipinski definition) is 4. The quantitative estimate of drug-likeness (QED) is 0.744. The molecule has 2 aromatic heterocycles. The van der Waals surface area contributed by atoms with Crippen LogP contribution in [0.25, 0.3) is 11.3 Å². The smallest absolute Gasteiger partial charge is 0.316 e. The van der Waals surface area contributed by atoms with Crippen molar-refractivity contribution in [3.63, 3.8) is 0 Å². The Balaban J connectivity index is 2.33. The van der Waals surface area contributed by atoms with Crippen molar-refractivity contribution in [3.05, 3.63) is 36.3 Å². The largest absolute Gasteiger partial charge is 0.467 e. The molecule has 0 aliphatic heterocycles. The fourth-order valence-corrected chi connectivity index (χ4v) is 1.19. The van der Waals surface area contributed by atoms with Crippen LogP contribution in [-0.4, -0.2) is 22.1 Å². The Morgan fingerprint density at radius 3 is 2.27 bits per heavy atom. The number of nitrogens with zero attached hydrogens (tertiary/aromatic N) is 3. The van der Waals surface area contributed by atoms with Crippen LogP contribution in [0.3, 0.4) is 0 Å². The number of aromatic nitrogens is 3. The maximum absolute atomic E-state index is 4.88. The highest BCUT2D eigenvalue weighted by Gasteiger charge is 2.00. The molecule has 0 radical (unpaired) electrons. The van der Waals surface area contributed by atoms with Crippen LogP contribution in [0.15, 0.2) is 30.7 Å². The average molecular weight is 201 g/mol. The Morgan fingerprint density at radius 1 is 1.00 bits per heavy atom. The van der Waals surface area contributed by atoms with E-state index in [1.165, 1.54) is 0 Å². The van der Waals surface area contributed by atoms with Gasteiger partial charge in [-0.1, -0.05) is 6.07 Å². The van der Waals surface area contributed by atoms with E-state index < -0.39 is 0 Å². The van der Waals surface area contributed by atoms with Gasteiger partial charge in [0.05, 0.1) is 12.8 Å². The molecule has 0 spiro atoms. The van der Waals surface area contributed by atoms with Crippen molar-refractivity contribution < 1.29 is 4.74 Å². The summed E-state index contributed by atoms with van der Waals surface area (Å²) in [5.74, 6) is 0. The number of pyridine rings is 1. The first-order chi connectivity index (χ1) is 7.29. The number of methoxy groups -OCH3 is 1. The third kappa shape index (κ3) is 2.10. The Kier molecular flexibility index (Phi) is 2.58. The summed E-state index contributed by atoms with van der Waals surface area (Å²) >= 11 is 0. The zero-order valence-electron chi connectivity index (χ0n) is 8.64. The van der Waals surface area contributed by atoms with Crippen LogP contribution in [0.4, 0.5) is 0 Å². The third-order valence-electron chi connectivity index (χ3n) is 2.02. The Labute approximate surface area is 88.0 Å². The summed E-state index contributed by atoms with van der Waals surface area (Å²) in [5.41, 5.74) is 2.88. The van der Waals surface area contributed by atoms with E-state index in [2.05, 4.69) is 15.0 Å². The van der Waals surface area contributed by atoms with Gasteiger partial charge in [0.2, 0.25) is 0 Å². The summed E-state index contributed by atoms with van der Waals surface area (Å²) in [4.78, 5) is 12.3. The number of rotatable bonds is 2. The van der Waals surface area contributed by atoms with Crippen molar-refractivity contribution in [1.29, 1.82) is 0 Å². The molecule has 0 amide bonds. The fourth-order valence-electron chi connectivity index (χ4n) is 1.19. The maximum atomic E-state index is 4.88. The molecule has 4 heteroatoms. The van der Waals surface area contributed by atoms with Gasteiger partial charge in [0.25, 0.3) is 0 Å². The fraction of sp³-hybridized carbons (Fsp3) is 0.182. The van der Waals surface area contributed by atoms with E-state index in [0.29, 0.717) is 6.01 Å². The maximum Gasteiger partial charge on any atom is 0.316 e. The summed E-state index contributed by atoms with van der Waals surface area (Å²) in [6.07, 6.45) is 5.21. The van der Waals surface area contributed by atoms with Crippen molar-refractivity contribution in [2.24, 2.45) is 0 Å². The van der Waals surface area contributed by atoms with Crippen LogP contribution >= 0.6 is 0 Å². The van der Waals surface area contributed by atoms with Crippen molar-refractivity contribution in [1.82, 2.24) is 15.0 Å². The van der Waals surface area contributed by atoms with Crippen LogP contribution in [-0.2, 0) is 0 Å².